The molecule has 0 spiro atoms. The first-order chi connectivity index (χ1) is 9.33. The fourth-order valence-electron chi connectivity index (χ4n) is 2.58. The maximum atomic E-state index is 11.6. The number of thioether (sulfide) groups is 1. The predicted molar refractivity (Wildman–Crippen MR) is 79.7 cm³/mol. The number of para-hydroxylation sites is 1. The average molecular weight is 277 g/mol. The minimum absolute atomic E-state index is 0.241. The van der Waals surface area contributed by atoms with Gasteiger partial charge in [-0.1, -0.05) is 30.0 Å². The Hall–Kier alpha value is -1.20. The lowest BCUT2D eigenvalue weighted by Crippen LogP contribution is -2.50. The summed E-state index contributed by atoms with van der Waals surface area (Å²) in [5.41, 5.74) is 1.30. The number of hydrogen-bond donors (Lipinski definition) is 0. The van der Waals surface area contributed by atoms with Crippen molar-refractivity contribution in [3.05, 3.63) is 30.3 Å². The molecule has 0 N–H and O–H groups in total. The Bertz CT molecular complexity index is 432. The monoisotopic (exact) mass is 277 g/mol. The smallest absolute Gasteiger partial charge is 0.282 e. The second kappa shape index (κ2) is 5.84. The van der Waals surface area contributed by atoms with E-state index in [-0.39, 0.29) is 5.24 Å². The summed E-state index contributed by atoms with van der Waals surface area (Å²) in [7, 11) is 0. The average Bonchev–Trinajstić information content (AvgIpc) is 2.86. The van der Waals surface area contributed by atoms with Crippen LogP contribution >= 0.6 is 11.8 Å². The van der Waals surface area contributed by atoms with E-state index >= 15 is 0 Å². The van der Waals surface area contributed by atoms with Gasteiger partial charge in [0.05, 0.1) is 6.67 Å². The Balaban J connectivity index is 1.51. The highest BCUT2D eigenvalue weighted by Crippen LogP contribution is 2.19. The molecule has 0 aliphatic carbocycles. The van der Waals surface area contributed by atoms with Crippen LogP contribution in [-0.4, -0.2) is 60.2 Å². The molecule has 2 fully saturated rings. The molecule has 2 aliphatic heterocycles. The minimum Gasteiger partial charge on any atom is -0.369 e. The maximum absolute atomic E-state index is 11.6. The Morgan fingerprint density at radius 2 is 1.74 bits per heavy atom. The van der Waals surface area contributed by atoms with Gasteiger partial charge < -0.3 is 9.80 Å². The Kier molecular flexibility index (Phi) is 3.94. The number of rotatable bonds is 3. The number of nitrogens with zero attached hydrogens (tertiary/aromatic N) is 3. The number of hydrogen-bond acceptors (Lipinski definition) is 4. The summed E-state index contributed by atoms with van der Waals surface area (Å²) in [6.45, 7) is 5.85. The van der Waals surface area contributed by atoms with E-state index in [9.17, 15) is 4.79 Å². The lowest BCUT2D eigenvalue weighted by Gasteiger charge is -2.37. The fraction of sp³-hybridized carbons (Fsp3) is 0.500. The van der Waals surface area contributed by atoms with Gasteiger partial charge in [-0.3, -0.25) is 9.69 Å². The third-order valence-corrected chi connectivity index (χ3v) is 4.60. The highest BCUT2D eigenvalue weighted by atomic mass is 32.2. The Labute approximate surface area is 118 Å². The molecule has 2 heterocycles. The van der Waals surface area contributed by atoms with Crippen molar-refractivity contribution in [3.63, 3.8) is 0 Å². The predicted octanol–water partition coefficient (Wildman–Crippen LogP) is 1.93. The van der Waals surface area contributed by atoms with Gasteiger partial charge in [-0.25, -0.2) is 0 Å². The summed E-state index contributed by atoms with van der Waals surface area (Å²) < 4.78 is 0. The van der Waals surface area contributed by atoms with E-state index in [1.807, 2.05) is 4.90 Å². The van der Waals surface area contributed by atoms with Crippen LogP contribution in [0.3, 0.4) is 0 Å². The lowest BCUT2D eigenvalue weighted by atomic mass is 10.2. The third kappa shape index (κ3) is 3.04. The number of benzene rings is 1. The molecule has 102 valence electrons. The van der Waals surface area contributed by atoms with Crippen molar-refractivity contribution in [1.82, 2.24) is 9.80 Å². The summed E-state index contributed by atoms with van der Waals surface area (Å²) in [5, 5.41) is 0.241. The zero-order valence-corrected chi connectivity index (χ0v) is 11.8. The molecular weight excluding hydrogens is 258 g/mol. The van der Waals surface area contributed by atoms with Crippen LogP contribution in [0, 0.1) is 0 Å². The van der Waals surface area contributed by atoms with Gasteiger partial charge in [0.15, 0.2) is 0 Å². The molecule has 19 heavy (non-hydrogen) atoms. The van der Waals surface area contributed by atoms with Crippen molar-refractivity contribution >= 4 is 22.7 Å². The molecule has 0 unspecified atom stereocenters. The van der Waals surface area contributed by atoms with Crippen LogP contribution in [0.4, 0.5) is 10.5 Å². The highest BCUT2D eigenvalue weighted by Gasteiger charge is 2.25. The molecule has 0 atom stereocenters. The standard InChI is InChI=1S/C14H19N3OS/c18-14-17(10-11-19-14)12-15-6-8-16(9-7-15)13-4-2-1-3-5-13/h1-5H,6-12H2. The molecule has 5 heteroatoms. The second-order valence-corrected chi connectivity index (χ2v) is 6.01. The normalized spacial score (nSPS) is 21.2. The van der Waals surface area contributed by atoms with Crippen LogP contribution < -0.4 is 4.90 Å². The topological polar surface area (TPSA) is 26.8 Å². The van der Waals surface area contributed by atoms with Crippen LogP contribution in [0.25, 0.3) is 0 Å². The van der Waals surface area contributed by atoms with E-state index in [2.05, 4.69) is 40.1 Å². The molecule has 0 saturated carbocycles. The first-order valence-corrected chi connectivity index (χ1v) is 7.75. The molecular formula is C14H19N3OS. The van der Waals surface area contributed by atoms with Gasteiger partial charge in [0.1, 0.15) is 0 Å². The molecule has 1 aromatic rings. The summed E-state index contributed by atoms with van der Waals surface area (Å²) >= 11 is 1.44. The van der Waals surface area contributed by atoms with Crippen molar-refractivity contribution in [1.29, 1.82) is 0 Å². The van der Waals surface area contributed by atoms with Crippen LogP contribution in [0.15, 0.2) is 30.3 Å². The quantitative estimate of drug-likeness (QED) is 0.843. The van der Waals surface area contributed by atoms with Crippen LogP contribution in [0.1, 0.15) is 0 Å². The van der Waals surface area contributed by atoms with Gasteiger partial charge in [0.2, 0.25) is 0 Å². The molecule has 0 radical (unpaired) electrons. The van der Waals surface area contributed by atoms with Gasteiger partial charge in [0.25, 0.3) is 5.24 Å². The van der Waals surface area contributed by atoms with Crippen LogP contribution in [0.2, 0.25) is 0 Å². The molecule has 4 nitrogen and oxygen atoms in total. The number of anilines is 1. The van der Waals surface area contributed by atoms with Crippen molar-refractivity contribution in [2.45, 2.75) is 0 Å². The summed E-state index contributed by atoms with van der Waals surface area (Å²) in [5.74, 6) is 0.947. The minimum atomic E-state index is 0.241. The maximum Gasteiger partial charge on any atom is 0.282 e. The van der Waals surface area contributed by atoms with Gasteiger partial charge in [-0.15, -0.1) is 0 Å². The molecule has 1 aromatic carbocycles. The fourth-order valence-corrected chi connectivity index (χ4v) is 3.40. The first-order valence-electron chi connectivity index (χ1n) is 6.77. The van der Waals surface area contributed by atoms with E-state index in [1.165, 1.54) is 17.4 Å². The van der Waals surface area contributed by atoms with E-state index in [0.717, 1.165) is 45.1 Å². The zero-order valence-electron chi connectivity index (χ0n) is 11.0. The molecule has 2 aliphatic rings. The molecule has 0 aromatic heterocycles. The second-order valence-electron chi connectivity index (χ2n) is 4.96. The number of piperazine rings is 1. The van der Waals surface area contributed by atoms with Crippen molar-refractivity contribution in [2.75, 3.05) is 50.0 Å². The van der Waals surface area contributed by atoms with Gasteiger partial charge in [0, 0.05) is 44.2 Å². The lowest BCUT2D eigenvalue weighted by molar-refractivity contribution is 0.156. The summed E-state index contributed by atoms with van der Waals surface area (Å²) in [4.78, 5) is 18.3. The molecule has 2 saturated heterocycles. The first kappa shape index (κ1) is 12.8. The third-order valence-electron chi connectivity index (χ3n) is 3.71. The van der Waals surface area contributed by atoms with Gasteiger partial charge in [-0.2, -0.15) is 0 Å². The number of carbonyl (C=O) groups excluding carboxylic acids is 1. The van der Waals surface area contributed by atoms with Crippen LogP contribution in [-0.2, 0) is 0 Å². The van der Waals surface area contributed by atoms with E-state index in [4.69, 9.17) is 0 Å². The van der Waals surface area contributed by atoms with Gasteiger partial charge in [-0.05, 0) is 12.1 Å². The van der Waals surface area contributed by atoms with E-state index in [1.54, 1.807) is 0 Å². The molecule has 3 rings (SSSR count). The number of amides is 1. The SMILES string of the molecule is O=C1SCCN1CN1CCN(c2ccccc2)CC1. The summed E-state index contributed by atoms with van der Waals surface area (Å²) in [6.07, 6.45) is 0. The van der Waals surface area contributed by atoms with Crippen molar-refractivity contribution < 1.29 is 4.79 Å². The molecule has 0 bridgehead atoms. The van der Waals surface area contributed by atoms with Crippen molar-refractivity contribution in [3.8, 4) is 0 Å². The molecule has 1 amide bonds. The summed E-state index contributed by atoms with van der Waals surface area (Å²) in [6, 6.07) is 10.5. The Morgan fingerprint density at radius 3 is 2.37 bits per heavy atom. The van der Waals surface area contributed by atoms with E-state index in [0.29, 0.717) is 0 Å². The van der Waals surface area contributed by atoms with Gasteiger partial charge >= 0.3 is 0 Å². The van der Waals surface area contributed by atoms with Crippen molar-refractivity contribution in [2.24, 2.45) is 0 Å². The largest absolute Gasteiger partial charge is 0.369 e. The van der Waals surface area contributed by atoms with E-state index < -0.39 is 0 Å². The van der Waals surface area contributed by atoms with Crippen LogP contribution in [0.5, 0.6) is 0 Å². The number of carbonyl (C=O) groups is 1. The zero-order chi connectivity index (χ0) is 13.1. The Morgan fingerprint density at radius 1 is 1.00 bits per heavy atom. The highest BCUT2D eigenvalue weighted by molar-refractivity contribution is 8.13.